The van der Waals surface area contributed by atoms with Gasteiger partial charge in [-0.05, 0) is 50.7 Å². The molecule has 2 aliphatic rings. The lowest BCUT2D eigenvalue weighted by atomic mass is 9.86. The summed E-state index contributed by atoms with van der Waals surface area (Å²) in [5.74, 6) is 0.787. The van der Waals surface area contributed by atoms with Crippen LogP contribution < -0.4 is 20.3 Å². The van der Waals surface area contributed by atoms with Crippen LogP contribution in [0.3, 0.4) is 0 Å². The molecule has 3 aromatic heterocycles. The molecule has 2 fully saturated rings. The second-order valence-electron chi connectivity index (χ2n) is 10.2. The largest absolute Gasteiger partial charge is 0.494 e. The summed E-state index contributed by atoms with van der Waals surface area (Å²) in [6.45, 7) is 6.57. The maximum atomic E-state index is 12.7. The van der Waals surface area contributed by atoms with Crippen molar-refractivity contribution in [3.63, 3.8) is 0 Å². The topological polar surface area (TPSA) is 99.9 Å². The molecule has 1 amide bonds. The fraction of sp³-hybridized carbons (Fsp3) is 0.267. The van der Waals surface area contributed by atoms with Gasteiger partial charge in [0.25, 0.3) is 0 Å². The number of pyridine rings is 1. The first-order valence-electron chi connectivity index (χ1n) is 13.3. The van der Waals surface area contributed by atoms with Crippen LogP contribution in [0.2, 0.25) is 0 Å². The molecule has 0 aliphatic carbocycles. The summed E-state index contributed by atoms with van der Waals surface area (Å²) in [4.78, 5) is 26.6. The first kappa shape index (κ1) is 25.6. The van der Waals surface area contributed by atoms with Crippen LogP contribution in [0.25, 0.3) is 16.8 Å². The van der Waals surface area contributed by atoms with Crippen LogP contribution in [0, 0.1) is 0 Å². The van der Waals surface area contributed by atoms with Crippen LogP contribution in [0.4, 0.5) is 23.0 Å². The van der Waals surface area contributed by atoms with E-state index >= 15 is 0 Å². The fourth-order valence-corrected chi connectivity index (χ4v) is 5.66. The molecule has 0 bridgehead atoms. The number of hydrogen-bond acceptors (Lipinski definition) is 8. The molecule has 2 N–H and O–H groups in total. The third kappa shape index (κ3) is 4.66. The number of rotatable bonds is 8. The minimum absolute atomic E-state index is 0.195. The van der Waals surface area contributed by atoms with E-state index in [9.17, 15) is 4.79 Å². The van der Waals surface area contributed by atoms with E-state index in [1.54, 1.807) is 31.7 Å². The maximum Gasteiger partial charge on any atom is 0.248 e. The van der Waals surface area contributed by atoms with Crippen molar-refractivity contribution >= 4 is 34.4 Å². The van der Waals surface area contributed by atoms with Crippen LogP contribution in [0.5, 0.6) is 5.75 Å². The van der Waals surface area contributed by atoms with Gasteiger partial charge in [0.1, 0.15) is 5.75 Å². The number of likely N-dealkylation sites (N-methyl/N-ethyl adjacent to an activating group) is 1. The Bertz CT molecular complexity index is 1600. The smallest absolute Gasteiger partial charge is 0.248 e. The van der Waals surface area contributed by atoms with Crippen molar-refractivity contribution in [1.29, 1.82) is 0 Å². The van der Waals surface area contributed by atoms with Gasteiger partial charge in [0, 0.05) is 43.2 Å². The van der Waals surface area contributed by atoms with Gasteiger partial charge >= 0.3 is 0 Å². The molecule has 1 aromatic carbocycles. The van der Waals surface area contributed by atoms with Crippen LogP contribution >= 0.6 is 0 Å². The predicted molar refractivity (Wildman–Crippen MR) is 157 cm³/mol. The number of nitrogens with zero attached hydrogens (tertiary/aromatic N) is 6. The molecule has 204 valence electrons. The number of carbonyl (C=O) groups is 1. The van der Waals surface area contributed by atoms with Crippen LogP contribution in [0.15, 0.2) is 79.8 Å². The Hall–Kier alpha value is -4.70. The zero-order chi connectivity index (χ0) is 27.7. The third-order valence-electron chi connectivity index (χ3n) is 7.82. The van der Waals surface area contributed by atoms with E-state index in [-0.39, 0.29) is 11.4 Å². The lowest BCUT2D eigenvalue weighted by Gasteiger charge is -2.53. The lowest BCUT2D eigenvalue weighted by molar-refractivity contribution is -0.111. The Morgan fingerprint density at radius 3 is 2.85 bits per heavy atom. The number of allylic oxidation sites excluding steroid dienone is 2. The molecule has 10 nitrogen and oxygen atoms in total. The minimum Gasteiger partial charge on any atom is -0.494 e. The highest BCUT2D eigenvalue weighted by atomic mass is 16.5. The Balaban J connectivity index is 1.33. The molecular weight excluding hydrogens is 504 g/mol. The summed E-state index contributed by atoms with van der Waals surface area (Å²) in [6.07, 6.45) is 12.4. The number of nitrogens with one attached hydrogen (secondary N) is 2. The second-order valence-corrected chi connectivity index (χ2v) is 10.2. The van der Waals surface area contributed by atoms with E-state index in [2.05, 4.69) is 44.1 Å². The summed E-state index contributed by atoms with van der Waals surface area (Å²) in [5.41, 5.74) is 5.01. The van der Waals surface area contributed by atoms with Gasteiger partial charge in [0.05, 0.1) is 47.1 Å². The van der Waals surface area contributed by atoms with Gasteiger partial charge in [0.2, 0.25) is 11.9 Å². The molecule has 2 aliphatic heterocycles. The average molecular weight is 537 g/mol. The molecule has 0 unspecified atom stereocenters. The highest BCUT2D eigenvalue weighted by molar-refractivity contribution is 6.02. The van der Waals surface area contributed by atoms with Crippen LogP contribution in [0.1, 0.15) is 12.8 Å². The van der Waals surface area contributed by atoms with Gasteiger partial charge in [0.15, 0.2) is 0 Å². The molecule has 0 saturated carbocycles. The van der Waals surface area contributed by atoms with Crippen molar-refractivity contribution in [2.75, 3.05) is 49.3 Å². The summed E-state index contributed by atoms with van der Waals surface area (Å²) < 4.78 is 7.60. The number of fused-ring (bicyclic) bond motifs is 1. The number of hydrogen-bond donors (Lipinski definition) is 2. The summed E-state index contributed by atoms with van der Waals surface area (Å²) in [6, 6.07) is 11.6. The van der Waals surface area contributed by atoms with Crippen molar-refractivity contribution in [3.8, 4) is 17.0 Å². The first-order chi connectivity index (χ1) is 19.5. The van der Waals surface area contributed by atoms with Gasteiger partial charge in [-0.1, -0.05) is 24.8 Å². The molecule has 40 heavy (non-hydrogen) atoms. The first-order valence-corrected chi connectivity index (χ1v) is 13.3. The standard InChI is InChI=1S/C30H32N8O2/c1-4-5-10-28(39)33-23-16-24(27(40-3)17-26(23)37-19-30(20-37)12-8-14-36(30)2)35-29-31-13-11-22(34-29)21-18-32-38-15-7-6-9-25(21)38/h4-7,9-11,13,15-18H,1,8,12,14,19-20H2,2-3H3,(H,33,39)(H,31,34,35)/b10-5-. The number of carbonyl (C=O) groups excluding carboxylic acids is 1. The number of methoxy groups -OCH3 is 1. The van der Waals surface area contributed by atoms with Gasteiger partial charge < -0.3 is 20.3 Å². The minimum atomic E-state index is -0.239. The average Bonchev–Trinajstić information content (AvgIpc) is 3.55. The van der Waals surface area contributed by atoms with Crippen molar-refractivity contribution in [2.45, 2.75) is 18.4 Å². The van der Waals surface area contributed by atoms with Gasteiger partial charge in [-0.15, -0.1) is 0 Å². The van der Waals surface area contributed by atoms with Gasteiger partial charge in [-0.25, -0.2) is 14.5 Å². The lowest BCUT2D eigenvalue weighted by Crippen LogP contribution is -2.67. The molecule has 2 saturated heterocycles. The van der Waals surface area contributed by atoms with Crippen molar-refractivity contribution in [3.05, 3.63) is 79.8 Å². The zero-order valence-corrected chi connectivity index (χ0v) is 22.7. The van der Waals surface area contributed by atoms with Crippen molar-refractivity contribution in [1.82, 2.24) is 24.5 Å². The highest BCUT2D eigenvalue weighted by Gasteiger charge is 2.49. The van der Waals surface area contributed by atoms with E-state index in [1.807, 2.05) is 47.1 Å². The number of anilines is 4. The van der Waals surface area contributed by atoms with Crippen molar-refractivity contribution < 1.29 is 9.53 Å². The van der Waals surface area contributed by atoms with E-state index < -0.39 is 0 Å². The Morgan fingerprint density at radius 2 is 2.08 bits per heavy atom. The summed E-state index contributed by atoms with van der Waals surface area (Å²) in [5, 5.41) is 10.8. The van der Waals surface area contributed by atoms with E-state index in [1.165, 1.54) is 18.9 Å². The maximum absolute atomic E-state index is 12.7. The Morgan fingerprint density at radius 1 is 1.20 bits per heavy atom. The predicted octanol–water partition coefficient (Wildman–Crippen LogP) is 4.51. The summed E-state index contributed by atoms with van der Waals surface area (Å²) >= 11 is 0. The van der Waals surface area contributed by atoms with E-state index in [4.69, 9.17) is 9.72 Å². The molecular formula is C30H32N8O2. The van der Waals surface area contributed by atoms with Gasteiger partial charge in [-0.3, -0.25) is 9.69 Å². The number of likely N-dealkylation sites (tertiary alicyclic amines) is 1. The molecule has 0 atom stereocenters. The molecule has 1 spiro atoms. The quantitative estimate of drug-likeness (QED) is 0.251. The molecule has 5 heterocycles. The fourth-order valence-electron chi connectivity index (χ4n) is 5.66. The van der Waals surface area contributed by atoms with E-state index in [0.29, 0.717) is 23.1 Å². The monoisotopic (exact) mass is 536 g/mol. The Labute approximate surface area is 233 Å². The van der Waals surface area contributed by atoms with E-state index in [0.717, 1.165) is 42.1 Å². The number of aromatic nitrogens is 4. The Kier molecular flexibility index (Phi) is 6.69. The molecule has 0 radical (unpaired) electrons. The summed E-state index contributed by atoms with van der Waals surface area (Å²) in [7, 11) is 3.83. The van der Waals surface area contributed by atoms with Crippen molar-refractivity contribution in [2.24, 2.45) is 0 Å². The van der Waals surface area contributed by atoms with Gasteiger partial charge in [-0.2, -0.15) is 5.10 Å². The number of benzene rings is 1. The van der Waals surface area contributed by atoms with Crippen LogP contribution in [-0.4, -0.2) is 69.7 Å². The second kappa shape index (κ2) is 10.5. The number of ether oxygens (including phenoxy) is 1. The van der Waals surface area contributed by atoms with Crippen LogP contribution in [-0.2, 0) is 4.79 Å². The highest BCUT2D eigenvalue weighted by Crippen LogP contribution is 2.45. The normalized spacial score (nSPS) is 16.4. The number of amides is 1. The molecule has 4 aromatic rings. The SMILES string of the molecule is C=C/C=C\C(=O)Nc1cc(Nc2nccc(-c3cnn4ccccc34)n2)c(OC)cc1N1CC2(CCCN2C)C1. The zero-order valence-electron chi connectivity index (χ0n) is 22.7. The molecule has 10 heteroatoms. The third-order valence-corrected chi connectivity index (χ3v) is 7.82. The molecule has 6 rings (SSSR count).